The molecule has 5 N–H and O–H groups in total. The lowest BCUT2D eigenvalue weighted by Crippen LogP contribution is -2.28. The van der Waals surface area contributed by atoms with E-state index in [9.17, 15) is 0 Å². The largest absolute Gasteiger partial charge is 0.330 e. The number of nitrogens with one attached hydrogen (secondary N) is 1. The second-order valence-electron chi connectivity index (χ2n) is 9.15. The number of nitrogens with zero attached hydrogens (tertiary/aromatic N) is 1. The van der Waals surface area contributed by atoms with Gasteiger partial charge in [-0.3, -0.25) is 4.90 Å². The van der Waals surface area contributed by atoms with Gasteiger partial charge in [-0.1, -0.05) is 48.5 Å². The lowest BCUT2D eigenvalue weighted by Gasteiger charge is -2.25. The van der Waals surface area contributed by atoms with Crippen LogP contribution in [-0.2, 0) is 6.54 Å². The fourth-order valence-electron chi connectivity index (χ4n) is 4.51. The first-order chi connectivity index (χ1) is 15.7. The summed E-state index contributed by atoms with van der Waals surface area (Å²) in [5, 5.41) is 8.98. The van der Waals surface area contributed by atoms with Gasteiger partial charge in [0.25, 0.3) is 0 Å². The van der Waals surface area contributed by atoms with Crippen molar-refractivity contribution in [3.8, 4) is 0 Å². The van der Waals surface area contributed by atoms with E-state index < -0.39 is 0 Å². The van der Waals surface area contributed by atoms with Crippen molar-refractivity contribution >= 4 is 58.8 Å². The maximum Gasteiger partial charge on any atom is 0.0246 e. The molecule has 35 heavy (non-hydrogen) atoms. The molecule has 3 rings (SSSR count). The maximum atomic E-state index is 6.04. The SMILES string of the molecule is CC(N)CCCN(CCCCNCCCCN)Cc1c2ccccc2cc2ccccc12.Cl.Cl.Cl. The van der Waals surface area contributed by atoms with E-state index in [0.717, 1.165) is 58.5 Å². The highest BCUT2D eigenvalue weighted by atomic mass is 35.5. The molecule has 0 bridgehead atoms. The van der Waals surface area contributed by atoms with Crippen LogP contribution >= 0.6 is 37.2 Å². The van der Waals surface area contributed by atoms with Crippen molar-refractivity contribution in [1.82, 2.24) is 10.2 Å². The zero-order valence-electron chi connectivity index (χ0n) is 21.1. The molecule has 0 saturated carbocycles. The summed E-state index contributed by atoms with van der Waals surface area (Å²) in [5.41, 5.74) is 13.1. The zero-order valence-corrected chi connectivity index (χ0v) is 23.5. The molecule has 1 atom stereocenters. The van der Waals surface area contributed by atoms with Crippen molar-refractivity contribution in [2.24, 2.45) is 11.5 Å². The number of nitrogens with two attached hydrogens (primary N) is 2. The molecule has 3 aromatic carbocycles. The number of rotatable bonds is 15. The predicted molar refractivity (Wildman–Crippen MR) is 162 cm³/mol. The normalized spacial score (nSPS) is 11.7. The third-order valence-electron chi connectivity index (χ3n) is 6.28. The summed E-state index contributed by atoms with van der Waals surface area (Å²) in [4.78, 5) is 2.64. The molecule has 3 aromatic rings. The Kier molecular flexibility index (Phi) is 18.5. The average molecular weight is 544 g/mol. The summed E-state index contributed by atoms with van der Waals surface area (Å²) < 4.78 is 0. The molecule has 0 aliphatic heterocycles. The minimum absolute atomic E-state index is 0. The van der Waals surface area contributed by atoms with Crippen molar-refractivity contribution < 1.29 is 0 Å². The van der Waals surface area contributed by atoms with E-state index in [1.807, 2.05) is 0 Å². The second-order valence-corrected chi connectivity index (χ2v) is 9.15. The topological polar surface area (TPSA) is 67.3 Å². The third kappa shape index (κ3) is 11.2. The molecule has 198 valence electrons. The minimum Gasteiger partial charge on any atom is -0.330 e. The smallest absolute Gasteiger partial charge is 0.0246 e. The van der Waals surface area contributed by atoms with Crippen LogP contribution in [0.15, 0.2) is 54.6 Å². The van der Waals surface area contributed by atoms with Gasteiger partial charge in [0, 0.05) is 12.6 Å². The van der Waals surface area contributed by atoms with Crippen LogP contribution in [-0.4, -0.2) is 43.7 Å². The first-order valence-electron chi connectivity index (χ1n) is 12.5. The Labute approximate surface area is 230 Å². The van der Waals surface area contributed by atoms with Crippen molar-refractivity contribution in [3.63, 3.8) is 0 Å². The van der Waals surface area contributed by atoms with E-state index in [1.54, 1.807) is 0 Å². The van der Waals surface area contributed by atoms with E-state index in [-0.39, 0.29) is 43.3 Å². The van der Waals surface area contributed by atoms with Crippen LogP contribution in [0.25, 0.3) is 21.5 Å². The van der Waals surface area contributed by atoms with Crippen LogP contribution in [0.1, 0.15) is 51.0 Å². The summed E-state index contributed by atoms with van der Waals surface area (Å²) >= 11 is 0. The maximum absolute atomic E-state index is 6.04. The molecule has 7 heteroatoms. The Morgan fingerprint density at radius 1 is 0.771 bits per heavy atom. The van der Waals surface area contributed by atoms with Crippen molar-refractivity contribution in [2.45, 2.75) is 58.0 Å². The van der Waals surface area contributed by atoms with Gasteiger partial charge in [-0.25, -0.2) is 0 Å². The van der Waals surface area contributed by atoms with Crippen LogP contribution in [0.2, 0.25) is 0 Å². The summed E-state index contributed by atoms with van der Waals surface area (Å²) in [6.45, 7) is 8.29. The first kappa shape index (κ1) is 33.9. The molecule has 0 spiro atoms. The van der Waals surface area contributed by atoms with E-state index in [0.29, 0.717) is 0 Å². The number of hydrogen-bond donors (Lipinski definition) is 3. The Hall–Kier alpha value is -1.11. The first-order valence-corrected chi connectivity index (χ1v) is 12.5. The van der Waals surface area contributed by atoms with Crippen LogP contribution < -0.4 is 16.8 Å². The molecule has 0 aromatic heterocycles. The number of unbranched alkanes of at least 4 members (excludes halogenated alkanes) is 2. The van der Waals surface area contributed by atoms with E-state index in [2.05, 4.69) is 71.7 Å². The van der Waals surface area contributed by atoms with Crippen LogP contribution in [0, 0.1) is 0 Å². The van der Waals surface area contributed by atoms with Gasteiger partial charge in [0.05, 0.1) is 0 Å². The van der Waals surface area contributed by atoms with Crippen molar-refractivity contribution in [1.29, 1.82) is 0 Å². The number of halogens is 3. The van der Waals surface area contributed by atoms with E-state index >= 15 is 0 Å². The molecular weight excluding hydrogens is 499 g/mol. The second kappa shape index (κ2) is 19.1. The molecule has 1 unspecified atom stereocenters. The van der Waals surface area contributed by atoms with Gasteiger partial charge in [0.15, 0.2) is 0 Å². The van der Waals surface area contributed by atoms with Crippen molar-refractivity contribution in [3.05, 3.63) is 60.2 Å². The Morgan fingerprint density at radius 3 is 1.89 bits per heavy atom. The van der Waals surface area contributed by atoms with Crippen LogP contribution in [0.3, 0.4) is 0 Å². The van der Waals surface area contributed by atoms with Gasteiger partial charge in [0.2, 0.25) is 0 Å². The van der Waals surface area contributed by atoms with Gasteiger partial charge >= 0.3 is 0 Å². The highest BCUT2D eigenvalue weighted by Gasteiger charge is 2.12. The van der Waals surface area contributed by atoms with E-state index in [1.165, 1.54) is 46.4 Å². The number of benzene rings is 3. The molecule has 0 saturated heterocycles. The quantitative estimate of drug-likeness (QED) is 0.155. The fourth-order valence-corrected chi connectivity index (χ4v) is 4.51. The van der Waals surface area contributed by atoms with E-state index in [4.69, 9.17) is 11.5 Å². The Bertz CT molecular complexity index is 898. The molecule has 0 heterocycles. The standard InChI is InChI=1S/C28H42N4.3ClH/c1-23(30)11-10-20-32(19-9-8-18-31-17-7-6-16-29)22-28-26-14-4-2-12-24(26)21-25-13-3-5-15-27(25)28;;;/h2-5,12-15,21,23,31H,6-11,16-20,22,29-30H2,1H3;3*1H. The van der Waals surface area contributed by atoms with Gasteiger partial charge in [-0.05, 0) is 111 Å². The fraction of sp³-hybridized carbons (Fsp3) is 0.500. The van der Waals surface area contributed by atoms with Gasteiger partial charge in [-0.15, -0.1) is 37.2 Å². The minimum atomic E-state index is 0. The Balaban J connectivity index is 0.00000385. The molecule has 0 fully saturated rings. The molecular formula is C28H45Cl3N4. The zero-order chi connectivity index (χ0) is 22.6. The highest BCUT2D eigenvalue weighted by molar-refractivity contribution is 6.02. The highest BCUT2D eigenvalue weighted by Crippen LogP contribution is 2.29. The predicted octanol–water partition coefficient (Wildman–Crippen LogP) is 6.30. The third-order valence-corrected chi connectivity index (χ3v) is 6.28. The summed E-state index contributed by atoms with van der Waals surface area (Å²) in [7, 11) is 0. The van der Waals surface area contributed by atoms with Gasteiger partial charge in [0.1, 0.15) is 0 Å². The lowest BCUT2D eigenvalue weighted by molar-refractivity contribution is 0.254. The number of hydrogen-bond acceptors (Lipinski definition) is 4. The van der Waals surface area contributed by atoms with Crippen LogP contribution in [0.5, 0.6) is 0 Å². The van der Waals surface area contributed by atoms with Crippen LogP contribution in [0.4, 0.5) is 0 Å². The molecule has 0 aliphatic rings. The number of fused-ring (bicyclic) bond motifs is 2. The molecule has 0 aliphatic carbocycles. The summed E-state index contributed by atoms with van der Waals surface area (Å²) in [5.74, 6) is 0. The monoisotopic (exact) mass is 542 g/mol. The molecule has 0 radical (unpaired) electrons. The van der Waals surface area contributed by atoms with Gasteiger partial charge < -0.3 is 16.8 Å². The Morgan fingerprint density at radius 2 is 1.31 bits per heavy atom. The van der Waals surface area contributed by atoms with Crippen molar-refractivity contribution in [2.75, 3.05) is 32.7 Å². The van der Waals surface area contributed by atoms with Gasteiger partial charge in [-0.2, -0.15) is 0 Å². The molecule has 0 amide bonds. The lowest BCUT2D eigenvalue weighted by atomic mass is 9.96. The summed E-state index contributed by atoms with van der Waals surface area (Å²) in [6, 6.07) is 20.2. The summed E-state index contributed by atoms with van der Waals surface area (Å²) in [6.07, 6.45) is 6.94. The average Bonchev–Trinajstić information content (AvgIpc) is 2.80. The molecule has 4 nitrogen and oxygen atoms in total.